The van der Waals surface area contributed by atoms with Crippen LogP contribution in [0, 0.1) is 11.3 Å². The Bertz CT molecular complexity index is 985. The van der Waals surface area contributed by atoms with Crippen LogP contribution in [0.2, 0.25) is 0 Å². The van der Waals surface area contributed by atoms with Crippen LogP contribution in [0.3, 0.4) is 0 Å². The Morgan fingerprint density at radius 3 is 1.94 bits per heavy atom. The smallest absolute Gasteiger partial charge is 0.223 e. The van der Waals surface area contributed by atoms with Crippen LogP contribution in [0.4, 0.5) is 0 Å². The van der Waals surface area contributed by atoms with Gasteiger partial charge in [-0.05, 0) is 48.1 Å². The van der Waals surface area contributed by atoms with Crippen molar-refractivity contribution >= 4 is 11.8 Å². The molecule has 2 heterocycles. The summed E-state index contributed by atoms with van der Waals surface area (Å²) in [5, 5.41) is 12.3. The van der Waals surface area contributed by atoms with Crippen molar-refractivity contribution in [2.24, 2.45) is 11.3 Å². The maximum Gasteiger partial charge on any atom is 0.223 e. The van der Waals surface area contributed by atoms with Crippen LogP contribution in [-0.2, 0) is 9.59 Å². The maximum atomic E-state index is 13.6. The zero-order valence-electron chi connectivity index (χ0n) is 22.3. The van der Waals surface area contributed by atoms with Crippen molar-refractivity contribution in [3.8, 4) is 0 Å². The number of benzene rings is 2. The molecule has 2 aromatic carbocycles. The molecule has 1 N–H and O–H groups in total. The van der Waals surface area contributed by atoms with Gasteiger partial charge in [0.05, 0.1) is 5.60 Å². The first-order valence-electron chi connectivity index (χ1n) is 13.5. The summed E-state index contributed by atoms with van der Waals surface area (Å²) in [6.07, 6.45) is 3.38. The van der Waals surface area contributed by atoms with Crippen LogP contribution in [0.15, 0.2) is 60.7 Å². The lowest BCUT2D eigenvalue weighted by Crippen LogP contribution is -2.59. The van der Waals surface area contributed by atoms with E-state index in [1.807, 2.05) is 41.3 Å². The zero-order valence-corrected chi connectivity index (χ0v) is 22.3. The van der Waals surface area contributed by atoms with Gasteiger partial charge in [-0.2, -0.15) is 0 Å². The van der Waals surface area contributed by atoms with Crippen molar-refractivity contribution in [1.82, 2.24) is 9.80 Å². The lowest BCUT2D eigenvalue weighted by atomic mass is 9.66. The number of rotatable bonds is 5. The summed E-state index contributed by atoms with van der Waals surface area (Å²) in [6, 6.07) is 20.5. The van der Waals surface area contributed by atoms with E-state index < -0.39 is 5.60 Å². The average molecular weight is 491 g/mol. The summed E-state index contributed by atoms with van der Waals surface area (Å²) in [7, 11) is 0. The largest absolute Gasteiger partial charge is 0.389 e. The van der Waals surface area contributed by atoms with Crippen molar-refractivity contribution in [2.75, 3.05) is 19.6 Å². The highest BCUT2D eigenvalue weighted by Crippen LogP contribution is 2.46. The van der Waals surface area contributed by atoms with Crippen LogP contribution in [0.25, 0.3) is 0 Å². The monoisotopic (exact) mass is 490 g/mol. The Hall–Kier alpha value is -2.66. The fraction of sp³-hybridized carbons (Fsp3) is 0.548. The van der Waals surface area contributed by atoms with E-state index >= 15 is 0 Å². The second-order valence-corrected chi connectivity index (χ2v) is 11.9. The number of nitrogens with zero attached hydrogens (tertiary/aromatic N) is 2. The summed E-state index contributed by atoms with van der Waals surface area (Å²) < 4.78 is 0. The topological polar surface area (TPSA) is 60.9 Å². The molecule has 2 saturated heterocycles. The molecule has 194 valence electrons. The molecule has 5 nitrogen and oxygen atoms in total. The predicted octanol–water partition coefficient (Wildman–Crippen LogP) is 5.24. The minimum Gasteiger partial charge on any atom is -0.389 e. The number of amides is 2. The van der Waals surface area contributed by atoms with Gasteiger partial charge in [0.1, 0.15) is 0 Å². The molecule has 1 unspecified atom stereocenters. The number of hydrogen-bond donors (Lipinski definition) is 1. The second kappa shape index (κ2) is 10.8. The molecule has 2 amide bonds. The predicted molar refractivity (Wildman–Crippen MR) is 143 cm³/mol. The molecule has 0 aromatic heterocycles. The Balaban J connectivity index is 1.55. The number of hydrogen-bond acceptors (Lipinski definition) is 3. The minimum absolute atomic E-state index is 0.0593. The standard InChI is InChI=1S/C31H42N2O3/c1-23(34)32-18-15-24(16-19-32)21-28(35)33-20-17-31(36,22-27(33)30(2,3)4)29(25-11-7-5-8-12-25)26-13-9-6-10-14-26/h5-14,24,27,29,36H,15-22H2,1-4H3/t27?,31-/m1/s1. The highest BCUT2D eigenvalue weighted by molar-refractivity contribution is 5.77. The molecule has 2 atom stereocenters. The number of carbonyl (C=O) groups excluding carboxylic acids is 2. The Morgan fingerprint density at radius 2 is 1.47 bits per heavy atom. The van der Waals surface area contributed by atoms with E-state index in [1.54, 1.807) is 6.92 Å². The summed E-state index contributed by atoms with van der Waals surface area (Å²) in [6.45, 7) is 10.2. The Labute approximate surface area is 216 Å². The molecule has 2 fully saturated rings. The maximum absolute atomic E-state index is 13.6. The molecule has 2 aliphatic rings. The third-order valence-corrected chi connectivity index (χ3v) is 8.36. The lowest BCUT2D eigenvalue weighted by Gasteiger charge is -2.52. The number of carbonyl (C=O) groups is 2. The molecule has 2 aromatic rings. The third kappa shape index (κ3) is 5.83. The fourth-order valence-electron chi connectivity index (χ4n) is 6.27. The van der Waals surface area contributed by atoms with Crippen molar-refractivity contribution in [1.29, 1.82) is 0 Å². The number of piperidine rings is 2. The molecule has 0 aliphatic carbocycles. The normalized spacial score (nSPS) is 23.7. The second-order valence-electron chi connectivity index (χ2n) is 11.9. The van der Waals surface area contributed by atoms with E-state index in [-0.39, 0.29) is 29.2 Å². The average Bonchev–Trinajstić information content (AvgIpc) is 2.85. The van der Waals surface area contributed by atoms with Gasteiger partial charge in [-0.15, -0.1) is 0 Å². The van der Waals surface area contributed by atoms with Gasteiger partial charge in [-0.1, -0.05) is 81.4 Å². The molecule has 2 aliphatic heterocycles. The van der Waals surface area contributed by atoms with Crippen LogP contribution < -0.4 is 0 Å². The first-order chi connectivity index (χ1) is 17.1. The van der Waals surface area contributed by atoms with Crippen molar-refractivity contribution < 1.29 is 14.7 Å². The number of likely N-dealkylation sites (tertiary alicyclic amines) is 2. The van der Waals surface area contributed by atoms with Crippen LogP contribution in [-0.4, -0.2) is 58.0 Å². The highest BCUT2D eigenvalue weighted by atomic mass is 16.3. The molecule has 0 saturated carbocycles. The van der Waals surface area contributed by atoms with Crippen molar-refractivity contribution in [2.45, 2.75) is 77.4 Å². The number of aliphatic hydroxyl groups is 1. The van der Waals surface area contributed by atoms with E-state index in [1.165, 1.54) is 0 Å². The molecule has 5 heteroatoms. The summed E-state index contributed by atoms with van der Waals surface area (Å²) in [5.41, 5.74) is 1.09. The van der Waals surface area contributed by atoms with Gasteiger partial charge in [0, 0.05) is 44.9 Å². The van der Waals surface area contributed by atoms with Gasteiger partial charge in [-0.3, -0.25) is 9.59 Å². The van der Waals surface area contributed by atoms with E-state index in [0.29, 0.717) is 31.7 Å². The zero-order chi connectivity index (χ0) is 25.9. The molecule has 0 spiro atoms. The SMILES string of the molecule is CC(=O)N1CCC(CC(=O)N2CC[C@](O)(C(c3ccccc3)c3ccccc3)CC2C(C)(C)C)CC1. The van der Waals surface area contributed by atoms with Gasteiger partial charge < -0.3 is 14.9 Å². The van der Waals surface area contributed by atoms with Crippen LogP contribution in [0.1, 0.15) is 76.8 Å². The van der Waals surface area contributed by atoms with Crippen molar-refractivity contribution in [3.63, 3.8) is 0 Å². The molecule has 4 rings (SSSR count). The van der Waals surface area contributed by atoms with Gasteiger partial charge in [0.2, 0.25) is 11.8 Å². The molecule has 0 bridgehead atoms. The summed E-state index contributed by atoms with van der Waals surface area (Å²) in [4.78, 5) is 29.2. The first kappa shape index (κ1) is 26.4. The molecular formula is C31H42N2O3. The van der Waals surface area contributed by atoms with E-state index in [9.17, 15) is 14.7 Å². The highest BCUT2D eigenvalue weighted by Gasteiger charge is 2.49. The van der Waals surface area contributed by atoms with Crippen LogP contribution >= 0.6 is 0 Å². The Kier molecular flexibility index (Phi) is 7.89. The fourth-order valence-corrected chi connectivity index (χ4v) is 6.27. The van der Waals surface area contributed by atoms with Gasteiger partial charge in [0.15, 0.2) is 0 Å². The first-order valence-corrected chi connectivity index (χ1v) is 13.5. The third-order valence-electron chi connectivity index (χ3n) is 8.36. The lowest BCUT2D eigenvalue weighted by molar-refractivity contribution is -0.147. The van der Waals surface area contributed by atoms with Gasteiger partial charge in [0.25, 0.3) is 0 Å². The Morgan fingerprint density at radius 1 is 0.944 bits per heavy atom. The quantitative estimate of drug-likeness (QED) is 0.624. The van der Waals surface area contributed by atoms with Gasteiger partial charge in [-0.25, -0.2) is 0 Å². The minimum atomic E-state index is -0.954. The van der Waals surface area contributed by atoms with E-state index in [4.69, 9.17) is 0 Å². The van der Waals surface area contributed by atoms with E-state index in [2.05, 4.69) is 49.9 Å². The summed E-state index contributed by atoms with van der Waals surface area (Å²) in [5.74, 6) is 0.470. The van der Waals surface area contributed by atoms with E-state index in [0.717, 1.165) is 37.1 Å². The summed E-state index contributed by atoms with van der Waals surface area (Å²) >= 11 is 0. The molecule has 36 heavy (non-hydrogen) atoms. The van der Waals surface area contributed by atoms with Gasteiger partial charge >= 0.3 is 0 Å². The van der Waals surface area contributed by atoms with Crippen molar-refractivity contribution in [3.05, 3.63) is 71.8 Å². The molecular weight excluding hydrogens is 448 g/mol. The van der Waals surface area contributed by atoms with Crippen LogP contribution in [0.5, 0.6) is 0 Å². The molecule has 0 radical (unpaired) electrons.